The van der Waals surface area contributed by atoms with Crippen LogP contribution in [-0.4, -0.2) is 27.6 Å². The molecule has 1 amide bonds. The fourth-order valence-corrected chi connectivity index (χ4v) is 2.19. The van der Waals surface area contributed by atoms with Crippen LogP contribution in [0.2, 0.25) is 0 Å². The van der Waals surface area contributed by atoms with Gasteiger partial charge >= 0.3 is 5.97 Å². The van der Waals surface area contributed by atoms with E-state index in [0.717, 1.165) is 15.4 Å². The van der Waals surface area contributed by atoms with Crippen LogP contribution in [0.5, 0.6) is 0 Å². The zero-order valence-electron chi connectivity index (χ0n) is 10.3. The number of hydrogen-bond donors (Lipinski definition) is 2. The summed E-state index contributed by atoms with van der Waals surface area (Å²) in [7, 11) is 0. The Hall–Kier alpha value is -1.82. The van der Waals surface area contributed by atoms with E-state index in [4.69, 9.17) is 5.11 Å². The lowest BCUT2D eigenvalue weighted by Crippen LogP contribution is -2.39. The van der Waals surface area contributed by atoms with Crippen molar-refractivity contribution in [3.8, 4) is 0 Å². The van der Waals surface area contributed by atoms with Crippen molar-refractivity contribution in [3.05, 3.63) is 34.9 Å². The minimum Gasteiger partial charge on any atom is -0.480 e. The number of carboxylic acid groups (broad SMARTS) is 1. The van der Waals surface area contributed by atoms with Gasteiger partial charge in [-0.2, -0.15) is 0 Å². The van der Waals surface area contributed by atoms with E-state index in [1.165, 1.54) is 6.92 Å². The first-order valence-electron chi connectivity index (χ1n) is 5.74. The molecule has 2 aromatic rings. The largest absolute Gasteiger partial charge is 0.480 e. The van der Waals surface area contributed by atoms with Crippen LogP contribution in [0.3, 0.4) is 0 Å². The molecular formula is C13H13BrN2O3. The number of carbonyl (C=O) groups is 2. The van der Waals surface area contributed by atoms with Crippen molar-refractivity contribution in [1.29, 1.82) is 0 Å². The van der Waals surface area contributed by atoms with Crippen LogP contribution in [0, 0.1) is 0 Å². The molecule has 6 heteroatoms. The average Bonchev–Trinajstić information content (AvgIpc) is 2.71. The van der Waals surface area contributed by atoms with Crippen molar-refractivity contribution in [2.75, 3.05) is 0 Å². The number of aromatic nitrogens is 1. The van der Waals surface area contributed by atoms with Gasteiger partial charge in [0, 0.05) is 21.6 Å². The monoisotopic (exact) mass is 324 g/mol. The molecule has 5 nitrogen and oxygen atoms in total. The van der Waals surface area contributed by atoms with Crippen LogP contribution in [0.15, 0.2) is 34.9 Å². The van der Waals surface area contributed by atoms with Gasteiger partial charge in [0.05, 0.1) is 0 Å². The summed E-state index contributed by atoms with van der Waals surface area (Å²) < 4.78 is 2.76. The van der Waals surface area contributed by atoms with Crippen LogP contribution >= 0.6 is 15.9 Å². The number of carboxylic acids is 1. The topological polar surface area (TPSA) is 71.3 Å². The number of benzene rings is 1. The first kappa shape index (κ1) is 13.6. The van der Waals surface area contributed by atoms with Gasteiger partial charge in [-0.15, -0.1) is 0 Å². The molecule has 1 heterocycles. The highest BCUT2D eigenvalue weighted by atomic mass is 79.9. The Morgan fingerprint density at radius 3 is 2.84 bits per heavy atom. The van der Waals surface area contributed by atoms with Gasteiger partial charge < -0.3 is 15.0 Å². The summed E-state index contributed by atoms with van der Waals surface area (Å²) in [6.45, 7) is 1.54. The lowest BCUT2D eigenvalue weighted by Gasteiger charge is -2.10. The van der Waals surface area contributed by atoms with Gasteiger partial charge in [0.15, 0.2) is 0 Å². The van der Waals surface area contributed by atoms with Gasteiger partial charge in [0.1, 0.15) is 12.6 Å². The van der Waals surface area contributed by atoms with E-state index in [1.807, 2.05) is 30.5 Å². The van der Waals surface area contributed by atoms with Gasteiger partial charge in [-0.05, 0) is 31.2 Å². The Balaban J connectivity index is 2.13. The van der Waals surface area contributed by atoms with E-state index in [9.17, 15) is 9.59 Å². The van der Waals surface area contributed by atoms with Gasteiger partial charge in [-0.1, -0.05) is 15.9 Å². The minimum absolute atomic E-state index is 0.1000. The minimum atomic E-state index is -1.05. The summed E-state index contributed by atoms with van der Waals surface area (Å²) in [4.78, 5) is 22.4. The van der Waals surface area contributed by atoms with Gasteiger partial charge in [-0.25, -0.2) is 0 Å². The third-order valence-electron chi connectivity index (χ3n) is 2.79. The average molecular weight is 325 g/mol. The molecule has 1 aromatic heterocycles. The number of aliphatic carboxylic acids is 1. The highest BCUT2D eigenvalue weighted by Gasteiger charge is 2.14. The lowest BCUT2D eigenvalue weighted by molar-refractivity contribution is -0.141. The molecule has 1 unspecified atom stereocenters. The first-order valence-corrected chi connectivity index (χ1v) is 6.53. The molecule has 0 fully saturated rings. The van der Waals surface area contributed by atoms with Crippen molar-refractivity contribution in [2.24, 2.45) is 0 Å². The molecule has 0 aliphatic heterocycles. The second kappa shape index (κ2) is 5.44. The van der Waals surface area contributed by atoms with E-state index in [2.05, 4.69) is 21.2 Å². The van der Waals surface area contributed by atoms with Crippen molar-refractivity contribution in [3.63, 3.8) is 0 Å². The van der Waals surface area contributed by atoms with E-state index in [1.54, 1.807) is 4.57 Å². The SMILES string of the molecule is CC(NC(=O)Cn1ccc2cc(Br)ccc21)C(=O)O. The van der Waals surface area contributed by atoms with E-state index < -0.39 is 12.0 Å². The maximum Gasteiger partial charge on any atom is 0.325 e. The number of halogens is 1. The van der Waals surface area contributed by atoms with Crippen LogP contribution in [0.4, 0.5) is 0 Å². The highest BCUT2D eigenvalue weighted by molar-refractivity contribution is 9.10. The predicted octanol–water partition coefficient (Wildman–Crippen LogP) is 1.99. The number of fused-ring (bicyclic) bond motifs is 1. The van der Waals surface area contributed by atoms with E-state index in [0.29, 0.717) is 0 Å². The Morgan fingerprint density at radius 2 is 2.16 bits per heavy atom. The Bertz CT molecular complexity index is 636. The van der Waals surface area contributed by atoms with Gasteiger partial charge in [0.25, 0.3) is 0 Å². The van der Waals surface area contributed by atoms with E-state index >= 15 is 0 Å². The molecule has 0 aliphatic rings. The summed E-state index contributed by atoms with van der Waals surface area (Å²) in [6.07, 6.45) is 1.81. The van der Waals surface area contributed by atoms with Crippen LogP contribution in [-0.2, 0) is 16.1 Å². The second-order valence-electron chi connectivity index (χ2n) is 4.27. The van der Waals surface area contributed by atoms with Crippen molar-refractivity contribution in [1.82, 2.24) is 9.88 Å². The Morgan fingerprint density at radius 1 is 1.42 bits per heavy atom. The molecule has 0 radical (unpaired) electrons. The maximum atomic E-state index is 11.7. The molecule has 0 saturated carbocycles. The van der Waals surface area contributed by atoms with Crippen molar-refractivity contribution >= 4 is 38.7 Å². The smallest absolute Gasteiger partial charge is 0.325 e. The van der Waals surface area contributed by atoms with Crippen molar-refractivity contribution < 1.29 is 14.7 Å². The zero-order chi connectivity index (χ0) is 14.0. The van der Waals surface area contributed by atoms with E-state index in [-0.39, 0.29) is 12.5 Å². The molecule has 2 rings (SSSR count). The van der Waals surface area contributed by atoms with Crippen LogP contribution < -0.4 is 5.32 Å². The molecule has 2 N–H and O–H groups in total. The molecule has 0 spiro atoms. The first-order chi connectivity index (χ1) is 8.97. The number of carbonyl (C=O) groups excluding carboxylic acids is 1. The molecule has 100 valence electrons. The number of amides is 1. The van der Waals surface area contributed by atoms with Gasteiger partial charge in [-0.3, -0.25) is 9.59 Å². The molecule has 1 atom stereocenters. The molecule has 0 bridgehead atoms. The Labute approximate surface area is 118 Å². The van der Waals surface area contributed by atoms with Crippen LogP contribution in [0.1, 0.15) is 6.92 Å². The third-order valence-corrected chi connectivity index (χ3v) is 3.29. The summed E-state index contributed by atoms with van der Waals surface area (Å²) in [5, 5.41) is 12.2. The number of rotatable bonds is 4. The molecule has 0 saturated heterocycles. The Kier molecular flexibility index (Phi) is 3.90. The lowest BCUT2D eigenvalue weighted by atomic mass is 10.2. The standard InChI is InChI=1S/C13H13BrN2O3/c1-8(13(18)19)15-12(17)7-16-5-4-9-6-10(14)2-3-11(9)16/h2-6,8H,7H2,1H3,(H,15,17)(H,18,19). The number of hydrogen-bond acceptors (Lipinski definition) is 2. The fourth-order valence-electron chi connectivity index (χ4n) is 1.81. The van der Waals surface area contributed by atoms with Crippen LogP contribution in [0.25, 0.3) is 10.9 Å². The number of nitrogens with one attached hydrogen (secondary N) is 1. The third kappa shape index (κ3) is 3.14. The zero-order valence-corrected chi connectivity index (χ0v) is 11.8. The quantitative estimate of drug-likeness (QED) is 0.903. The second-order valence-corrected chi connectivity index (χ2v) is 5.19. The normalized spacial score (nSPS) is 12.3. The summed E-state index contributed by atoms with van der Waals surface area (Å²) in [5.74, 6) is -1.37. The predicted molar refractivity (Wildman–Crippen MR) is 74.9 cm³/mol. The van der Waals surface area contributed by atoms with Gasteiger partial charge in [0.2, 0.25) is 5.91 Å². The summed E-state index contributed by atoms with van der Waals surface area (Å²) in [5.41, 5.74) is 0.932. The fraction of sp³-hybridized carbons (Fsp3) is 0.231. The molecule has 19 heavy (non-hydrogen) atoms. The summed E-state index contributed by atoms with van der Waals surface area (Å²) >= 11 is 3.39. The molecular weight excluding hydrogens is 312 g/mol. The highest BCUT2D eigenvalue weighted by Crippen LogP contribution is 2.20. The molecule has 0 aliphatic carbocycles. The maximum absolute atomic E-state index is 11.7. The molecule has 1 aromatic carbocycles. The number of nitrogens with zero attached hydrogens (tertiary/aromatic N) is 1. The van der Waals surface area contributed by atoms with Crippen molar-refractivity contribution in [2.45, 2.75) is 19.5 Å². The summed E-state index contributed by atoms with van der Waals surface area (Å²) in [6, 6.07) is 6.80.